The van der Waals surface area contributed by atoms with Gasteiger partial charge in [-0.1, -0.05) is 32.0 Å². The van der Waals surface area contributed by atoms with Crippen LogP contribution >= 0.6 is 11.8 Å². The normalized spacial score (nSPS) is 11.4. The molecule has 0 bridgehead atoms. The maximum Gasteiger partial charge on any atom is 0.285 e. The molecule has 2 rings (SSSR count). The molecule has 0 aliphatic heterocycles. The fourth-order valence-electron chi connectivity index (χ4n) is 2.31. The van der Waals surface area contributed by atoms with Crippen molar-refractivity contribution in [2.45, 2.75) is 30.1 Å². The molecule has 5 nitrogen and oxygen atoms in total. The smallest absolute Gasteiger partial charge is 0.285 e. The number of carbonyl (C=O) groups excluding carboxylic acids is 1. The van der Waals surface area contributed by atoms with Crippen LogP contribution in [0.3, 0.4) is 0 Å². The summed E-state index contributed by atoms with van der Waals surface area (Å²) >= 11 is 1.05. The second-order valence-corrected chi connectivity index (χ2v) is 9.34. The fraction of sp³-hybridized carbons (Fsp3) is 0.316. The van der Waals surface area contributed by atoms with Crippen molar-refractivity contribution in [1.82, 2.24) is 4.90 Å². The number of carbonyl (C=O) groups is 1. The molecular formula is C19H24N2O3S2. The number of hydrogen-bond donors (Lipinski definition) is 1. The minimum atomic E-state index is -3.67. The number of nitrogens with one attached hydrogen (secondary N) is 1. The molecule has 0 saturated heterocycles. The molecule has 2 aromatic rings. The maximum absolute atomic E-state index is 12.6. The van der Waals surface area contributed by atoms with Crippen LogP contribution in [0.25, 0.3) is 0 Å². The molecule has 0 atom stereocenters. The first-order valence-corrected chi connectivity index (χ1v) is 10.6. The molecule has 0 aliphatic rings. The molecule has 0 aromatic heterocycles. The predicted molar refractivity (Wildman–Crippen MR) is 107 cm³/mol. The summed E-state index contributed by atoms with van der Waals surface area (Å²) in [6.45, 7) is 4.25. The van der Waals surface area contributed by atoms with Gasteiger partial charge >= 0.3 is 0 Å². The van der Waals surface area contributed by atoms with Gasteiger partial charge in [0.05, 0.1) is 4.90 Å². The molecule has 0 radical (unpaired) electrons. The largest absolute Gasteiger partial charge is 0.339 e. The second kappa shape index (κ2) is 8.60. The summed E-state index contributed by atoms with van der Waals surface area (Å²) in [6, 6.07) is 13.7. The Morgan fingerprint density at radius 3 is 2.35 bits per heavy atom. The number of nitrogens with zero attached hydrogens (tertiary/aromatic N) is 1. The van der Waals surface area contributed by atoms with Gasteiger partial charge in [0, 0.05) is 24.7 Å². The number of thioether (sulfide) groups is 1. The zero-order chi connectivity index (χ0) is 19.3. The predicted octanol–water partition coefficient (Wildman–Crippen LogP) is 4.46. The molecule has 0 saturated carbocycles. The van der Waals surface area contributed by atoms with Crippen molar-refractivity contribution in [3.05, 3.63) is 54.1 Å². The van der Waals surface area contributed by atoms with Crippen LogP contribution in [0.5, 0.6) is 0 Å². The van der Waals surface area contributed by atoms with Crippen LogP contribution in [0.2, 0.25) is 0 Å². The van der Waals surface area contributed by atoms with E-state index in [4.69, 9.17) is 0 Å². The van der Waals surface area contributed by atoms with Gasteiger partial charge in [0.25, 0.3) is 15.3 Å². The van der Waals surface area contributed by atoms with Gasteiger partial charge in [-0.25, -0.2) is 8.42 Å². The quantitative estimate of drug-likeness (QED) is 0.737. The Hall–Kier alpha value is -1.99. The lowest BCUT2D eigenvalue weighted by Gasteiger charge is -2.12. The van der Waals surface area contributed by atoms with Crippen LogP contribution in [0.4, 0.5) is 10.5 Å². The van der Waals surface area contributed by atoms with Crippen LogP contribution in [0.1, 0.15) is 19.4 Å². The van der Waals surface area contributed by atoms with E-state index < -0.39 is 10.0 Å². The van der Waals surface area contributed by atoms with Gasteiger partial charge in [0.1, 0.15) is 0 Å². The Bertz CT molecular complexity index is 861. The molecule has 7 heteroatoms. The Kier molecular flexibility index (Phi) is 6.72. The summed E-state index contributed by atoms with van der Waals surface area (Å²) in [7, 11) is -0.332. The van der Waals surface area contributed by atoms with Crippen molar-refractivity contribution in [2.75, 3.05) is 18.8 Å². The van der Waals surface area contributed by atoms with E-state index in [1.54, 1.807) is 50.5 Å². The van der Waals surface area contributed by atoms with Crippen LogP contribution in [0, 0.1) is 5.92 Å². The zero-order valence-corrected chi connectivity index (χ0v) is 17.0. The molecular weight excluding hydrogens is 368 g/mol. The molecule has 1 amide bonds. The highest BCUT2D eigenvalue weighted by molar-refractivity contribution is 8.13. The number of sulfonamides is 1. The van der Waals surface area contributed by atoms with Gasteiger partial charge < -0.3 is 4.90 Å². The Balaban J connectivity index is 2.15. The monoisotopic (exact) mass is 392 g/mol. The Morgan fingerprint density at radius 1 is 1.12 bits per heavy atom. The molecule has 0 heterocycles. The van der Waals surface area contributed by atoms with Crippen LogP contribution in [-0.4, -0.2) is 32.7 Å². The van der Waals surface area contributed by atoms with Crippen LogP contribution in [-0.2, 0) is 16.4 Å². The van der Waals surface area contributed by atoms with Crippen molar-refractivity contribution in [1.29, 1.82) is 0 Å². The Morgan fingerprint density at radius 2 is 1.77 bits per heavy atom. The highest BCUT2D eigenvalue weighted by Gasteiger charge is 2.15. The second-order valence-electron chi connectivity index (χ2n) is 6.64. The molecule has 26 heavy (non-hydrogen) atoms. The van der Waals surface area contributed by atoms with Crippen LogP contribution < -0.4 is 4.72 Å². The van der Waals surface area contributed by atoms with Crippen molar-refractivity contribution in [3.8, 4) is 0 Å². The number of rotatable bonds is 6. The SMILES string of the molecule is CC(C)Cc1ccc(S(=O)(=O)Nc2cccc(SC(=O)N(C)C)c2)cc1. The number of amides is 1. The number of hydrogen-bond acceptors (Lipinski definition) is 4. The van der Waals surface area contributed by atoms with Gasteiger partial charge in [-0.3, -0.25) is 9.52 Å². The first-order valence-electron chi connectivity index (χ1n) is 8.28. The van der Waals surface area contributed by atoms with Crippen molar-refractivity contribution >= 4 is 32.7 Å². The third kappa shape index (κ3) is 5.78. The summed E-state index contributed by atoms with van der Waals surface area (Å²) in [5.41, 5.74) is 1.53. The van der Waals surface area contributed by atoms with Gasteiger partial charge in [0.2, 0.25) is 0 Å². The summed E-state index contributed by atoms with van der Waals surface area (Å²) in [5.74, 6) is 0.515. The van der Waals surface area contributed by atoms with Crippen molar-refractivity contribution in [2.24, 2.45) is 5.92 Å². The Labute approximate surface area is 159 Å². The highest BCUT2D eigenvalue weighted by Crippen LogP contribution is 2.25. The third-order valence-electron chi connectivity index (χ3n) is 3.53. The molecule has 2 aromatic carbocycles. The first-order chi connectivity index (χ1) is 12.2. The first kappa shape index (κ1) is 20.3. The fourth-order valence-corrected chi connectivity index (χ4v) is 4.07. The highest BCUT2D eigenvalue weighted by atomic mass is 32.2. The van der Waals surface area contributed by atoms with Crippen molar-refractivity contribution in [3.63, 3.8) is 0 Å². The van der Waals surface area contributed by atoms with Gasteiger partial charge in [-0.2, -0.15) is 0 Å². The summed E-state index contributed by atoms with van der Waals surface area (Å²) in [6.07, 6.45) is 0.910. The van der Waals surface area contributed by atoms with Gasteiger partial charge in [0.15, 0.2) is 0 Å². The lowest BCUT2D eigenvalue weighted by Crippen LogP contribution is -2.16. The molecule has 0 fully saturated rings. The number of benzene rings is 2. The maximum atomic E-state index is 12.6. The van der Waals surface area contributed by atoms with Crippen molar-refractivity contribution < 1.29 is 13.2 Å². The van der Waals surface area contributed by atoms with E-state index in [0.717, 1.165) is 23.7 Å². The summed E-state index contributed by atoms with van der Waals surface area (Å²) in [5, 5.41) is -0.120. The van der Waals surface area contributed by atoms with E-state index >= 15 is 0 Å². The van der Waals surface area contributed by atoms with Gasteiger partial charge in [-0.05, 0) is 60.0 Å². The minimum absolute atomic E-state index is 0.120. The summed E-state index contributed by atoms with van der Waals surface area (Å²) in [4.78, 5) is 14.2. The standard InChI is InChI=1S/C19H24N2O3S2/c1-14(2)12-15-8-10-18(11-9-15)26(23,24)20-16-6-5-7-17(13-16)25-19(22)21(3)4/h5-11,13-14,20H,12H2,1-4H3. The number of anilines is 1. The molecule has 1 N–H and O–H groups in total. The molecule has 0 aliphatic carbocycles. The van der Waals surface area contributed by atoms with E-state index in [0.29, 0.717) is 16.5 Å². The van der Waals surface area contributed by atoms with E-state index in [1.165, 1.54) is 4.90 Å². The van der Waals surface area contributed by atoms with Crippen LogP contribution in [0.15, 0.2) is 58.3 Å². The average Bonchev–Trinajstić information content (AvgIpc) is 2.54. The lowest BCUT2D eigenvalue weighted by molar-refractivity contribution is 0.241. The minimum Gasteiger partial charge on any atom is -0.339 e. The average molecular weight is 393 g/mol. The molecule has 140 valence electrons. The third-order valence-corrected chi connectivity index (χ3v) is 5.96. The molecule has 0 spiro atoms. The zero-order valence-electron chi connectivity index (χ0n) is 15.4. The topological polar surface area (TPSA) is 66.5 Å². The van der Waals surface area contributed by atoms with E-state index in [2.05, 4.69) is 18.6 Å². The van der Waals surface area contributed by atoms with Gasteiger partial charge in [-0.15, -0.1) is 0 Å². The molecule has 0 unspecified atom stereocenters. The van der Waals surface area contributed by atoms with E-state index in [9.17, 15) is 13.2 Å². The lowest BCUT2D eigenvalue weighted by atomic mass is 10.0. The van der Waals surface area contributed by atoms with E-state index in [-0.39, 0.29) is 10.1 Å². The van der Waals surface area contributed by atoms with E-state index in [1.807, 2.05) is 12.1 Å². The summed E-state index contributed by atoms with van der Waals surface area (Å²) < 4.78 is 27.7.